The standard InChI is InChI=1S/C9H11NS/c1-7(10)3-5-9-6-4-8(2)11-9/h4,6-7H,10H2,1-2H3. The van der Waals surface area contributed by atoms with Gasteiger partial charge in [-0.25, -0.2) is 0 Å². The quantitative estimate of drug-likeness (QED) is 0.582. The molecule has 0 aliphatic rings. The van der Waals surface area contributed by atoms with Gasteiger partial charge in [-0.2, -0.15) is 0 Å². The molecule has 0 radical (unpaired) electrons. The van der Waals surface area contributed by atoms with Gasteiger partial charge in [-0.3, -0.25) is 0 Å². The van der Waals surface area contributed by atoms with E-state index in [4.69, 9.17) is 5.73 Å². The fourth-order valence-corrected chi connectivity index (χ4v) is 1.42. The van der Waals surface area contributed by atoms with Gasteiger partial charge in [0.25, 0.3) is 0 Å². The van der Waals surface area contributed by atoms with Crippen LogP contribution in [0.15, 0.2) is 12.1 Å². The molecule has 0 fully saturated rings. The monoisotopic (exact) mass is 165 g/mol. The van der Waals surface area contributed by atoms with Gasteiger partial charge in [-0.05, 0) is 26.0 Å². The van der Waals surface area contributed by atoms with Crippen molar-refractivity contribution in [1.29, 1.82) is 0 Å². The number of rotatable bonds is 0. The molecule has 1 rings (SSSR count). The number of thiophene rings is 1. The maximum absolute atomic E-state index is 5.48. The van der Waals surface area contributed by atoms with Crippen LogP contribution in [-0.2, 0) is 0 Å². The van der Waals surface area contributed by atoms with Crippen LogP contribution in [0.25, 0.3) is 0 Å². The fraction of sp³-hybridized carbons (Fsp3) is 0.333. The molecule has 0 aliphatic carbocycles. The third kappa shape index (κ3) is 2.75. The first-order valence-corrected chi connectivity index (χ1v) is 4.33. The van der Waals surface area contributed by atoms with E-state index in [1.54, 1.807) is 11.3 Å². The Morgan fingerprint density at radius 1 is 1.55 bits per heavy atom. The van der Waals surface area contributed by atoms with Crippen LogP contribution < -0.4 is 5.73 Å². The zero-order valence-corrected chi connectivity index (χ0v) is 7.53. The average Bonchev–Trinajstić information content (AvgIpc) is 2.31. The third-order valence-electron chi connectivity index (χ3n) is 1.16. The van der Waals surface area contributed by atoms with Gasteiger partial charge in [-0.15, -0.1) is 11.3 Å². The second kappa shape index (κ2) is 3.56. The summed E-state index contributed by atoms with van der Waals surface area (Å²) in [6.45, 7) is 3.95. The Balaban J connectivity index is 2.74. The average molecular weight is 165 g/mol. The molecule has 1 aromatic rings. The second-order valence-corrected chi connectivity index (χ2v) is 3.76. The largest absolute Gasteiger partial charge is 0.318 e. The molecular weight excluding hydrogens is 154 g/mol. The molecule has 1 unspecified atom stereocenters. The summed E-state index contributed by atoms with van der Waals surface area (Å²) in [6, 6.07) is 4.06. The van der Waals surface area contributed by atoms with Crippen molar-refractivity contribution in [2.24, 2.45) is 5.73 Å². The van der Waals surface area contributed by atoms with E-state index in [1.165, 1.54) is 4.88 Å². The number of hydrogen-bond acceptors (Lipinski definition) is 2. The first kappa shape index (κ1) is 8.32. The van der Waals surface area contributed by atoms with Crippen molar-refractivity contribution in [3.05, 3.63) is 21.9 Å². The van der Waals surface area contributed by atoms with Crippen molar-refractivity contribution in [3.63, 3.8) is 0 Å². The van der Waals surface area contributed by atoms with Gasteiger partial charge in [0.2, 0.25) is 0 Å². The normalized spacial score (nSPS) is 11.9. The van der Waals surface area contributed by atoms with Gasteiger partial charge in [0.05, 0.1) is 10.9 Å². The van der Waals surface area contributed by atoms with Crippen molar-refractivity contribution >= 4 is 11.3 Å². The molecule has 0 saturated carbocycles. The van der Waals surface area contributed by atoms with Crippen LogP contribution >= 0.6 is 11.3 Å². The van der Waals surface area contributed by atoms with Crippen molar-refractivity contribution in [2.75, 3.05) is 0 Å². The van der Waals surface area contributed by atoms with Gasteiger partial charge >= 0.3 is 0 Å². The summed E-state index contributed by atoms with van der Waals surface area (Å²) >= 11 is 1.70. The molecule has 2 N–H and O–H groups in total. The van der Waals surface area contributed by atoms with Crippen LogP contribution in [0.3, 0.4) is 0 Å². The minimum atomic E-state index is -0.0302. The topological polar surface area (TPSA) is 26.0 Å². The molecular formula is C9H11NS. The predicted molar refractivity (Wildman–Crippen MR) is 49.6 cm³/mol. The zero-order chi connectivity index (χ0) is 8.27. The molecule has 0 aliphatic heterocycles. The molecule has 2 heteroatoms. The predicted octanol–water partition coefficient (Wildman–Crippen LogP) is 1.76. The maximum atomic E-state index is 5.48. The molecule has 1 heterocycles. The minimum absolute atomic E-state index is 0.0302. The Morgan fingerprint density at radius 3 is 2.73 bits per heavy atom. The molecule has 0 saturated heterocycles. The van der Waals surface area contributed by atoms with E-state index in [0.29, 0.717) is 0 Å². The molecule has 1 nitrogen and oxygen atoms in total. The lowest BCUT2D eigenvalue weighted by Gasteiger charge is -1.86. The van der Waals surface area contributed by atoms with Crippen molar-refractivity contribution in [1.82, 2.24) is 0 Å². The Kier molecular flexibility index (Phi) is 2.70. The lowest BCUT2D eigenvalue weighted by molar-refractivity contribution is 0.959. The molecule has 0 amide bonds. The van der Waals surface area contributed by atoms with Crippen molar-refractivity contribution in [3.8, 4) is 11.8 Å². The molecule has 0 aromatic carbocycles. The van der Waals surface area contributed by atoms with Gasteiger partial charge in [0.1, 0.15) is 0 Å². The smallest absolute Gasteiger partial charge is 0.0771 e. The number of aryl methyl sites for hydroxylation is 1. The van der Waals surface area contributed by atoms with Gasteiger partial charge in [-0.1, -0.05) is 11.8 Å². The second-order valence-electron chi connectivity index (χ2n) is 2.47. The lowest BCUT2D eigenvalue weighted by atomic mass is 10.3. The van der Waals surface area contributed by atoms with Crippen LogP contribution in [0.5, 0.6) is 0 Å². The van der Waals surface area contributed by atoms with Crippen LogP contribution in [0.2, 0.25) is 0 Å². The van der Waals surface area contributed by atoms with E-state index in [-0.39, 0.29) is 6.04 Å². The van der Waals surface area contributed by atoms with E-state index in [0.717, 1.165) is 4.88 Å². The van der Waals surface area contributed by atoms with E-state index >= 15 is 0 Å². The Hall–Kier alpha value is -0.780. The highest BCUT2D eigenvalue weighted by Gasteiger charge is 1.90. The summed E-state index contributed by atoms with van der Waals surface area (Å²) < 4.78 is 0. The summed E-state index contributed by atoms with van der Waals surface area (Å²) in [5, 5.41) is 0. The number of nitrogens with two attached hydrogens (primary N) is 1. The molecule has 0 bridgehead atoms. The first-order valence-electron chi connectivity index (χ1n) is 3.52. The maximum Gasteiger partial charge on any atom is 0.0771 e. The van der Waals surface area contributed by atoms with Crippen molar-refractivity contribution in [2.45, 2.75) is 19.9 Å². The highest BCUT2D eigenvalue weighted by Crippen LogP contribution is 2.12. The first-order chi connectivity index (χ1) is 5.18. The Bertz CT molecular complexity index is 288. The summed E-state index contributed by atoms with van der Waals surface area (Å²) in [5.74, 6) is 5.92. The van der Waals surface area contributed by atoms with Crippen LogP contribution in [0.1, 0.15) is 16.7 Å². The summed E-state index contributed by atoms with van der Waals surface area (Å²) in [4.78, 5) is 2.39. The third-order valence-corrected chi connectivity index (χ3v) is 2.08. The molecule has 58 valence electrons. The van der Waals surface area contributed by atoms with E-state index in [2.05, 4.69) is 24.8 Å². The van der Waals surface area contributed by atoms with Gasteiger partial charge in [0, 0.05) is 4.88 Å². The summed E-state index contributed by atoms with van der Waals surface area (Å²) in [6.07, 6.45) is 0. The minimum Gasteiger partial charge on any atom is -0.318 e. The molecule has 11 heavy (non-hydrogen) atoms. The van der Waals surface area contributed by atoms with Crippen LogP contribution in [-0.4, -0.2) is 6.04 Å². The highest BCUT2D eigenvalue weighted by atomic mass is 32.1. The van der Waals surface area contributed by atoms with Gasteiger partial charge in [0.15, 0.2) is 0 Å². The van der Waals surface area contributed by atoms with Gasteiger partial charge < -0.3 is 5.73 Å². The highest BCUT2D eigenvalue weighted by molar-refractivity contribution is 7.12. The fourth-order valence-electron chi connectivity index (χ4n) is 0.687. The van der Waals surface area contributed by atoms with Crippen molar-refractivity contribution < 1.29 is 0 Å². The number of hydrogen-bond donors (Lipinski definition) is 1. The van der Waals surface area contributed by atoms with Crippen LogP contribution in [0, 0.1) is 18.8 Å². The van der Waals surface area contributed by atoms with E-state index < -0.39 is 0 Å². The molecule has 1 atom stereocenters. The molecule has 0 spiro atoms. The molecule has 1 aromatic heterocycles. The Labute approximate surface area is 71.2 Å². The van der Waals surface area contributed by atoms with Crippen LogP contribution in [0.4, 0.5) is 0 Å². The SMILES string of the molecule is Cc1ccc(C#CC(C)N)s1. The lowest BCUT2D eigenvalue weighted by Crippen LogP contribution is -2.10. The summed E-state index contributed by atoms with van der Waals surface area (Å²) in [7, 11) is 0. The van der Waals surface area contributed by atoms with E-state index in [1.807, 2.05) is 13.0 Å². The zero-order valence-electron chi connectivity index (χ0n) is 6.72. The summed E-state index contributed by atoms with van der Waals surface area (Å²) in [5.41, 5.74) is 5.48. The Morgan fingerprint density at radius 2 is 2.27 bits per heavy atom. The van der Waals surface area contributed by atoms with E-state index in [9.17, 15) is 0 Å².